The van der Waals surface area contributed by atoms with Crippen molar-refractivity contribution in [2.24, 2.45) is 17.8 Å². The predicted molar refractivity (Wildman–Crippen MR) is 102 cm³/mol. The summed E-state index contributed by atoms with van der Waals surface area (Å²) >= 11 is 0. The molecule has 4 aliphatic carbocycles. The minimum atomic E-state index is -0.792. The summed E-state index contributed by atoms with van der Waals surface area (Å²) in [7, 11) is 0. The molecule has 27 heavy (non-hydrogen) atoms. The monoisotopic (exact) mass is 366 g/mol. The molecule has 4 fully saturated rings. The summed E-state index contributed by atoms with van der Waals surface area (Å²) in [6, 6.07) is 7.59. The van der Waals surface area contributed by atoms with Crippen LogP contribution in [0.25, 0.3) is 10.9 Å². The maximum absolute atomic E-state index is 12.8. The smallest absolute Gasteiger partial charge is 0.341 e. The van der Waals surface area contributed by atoms with Crippen LogP contribution in [0, 0.1) is 17.8 Å². The molecule has 2 N–H and O–H groups in total. The third-order valence-corrected chi connectivity index (χ3v) is 6.89. The Bertz CT molecular complexity index is 865. The zero-order valence-corrected chi connectivity index (χ0v) is 15.7. The van der Waals surface area contributed by atoms with E-state index in [4.69, 9.17) is 4.74 Å². The average molecular weight is 366 g/mol. The summed E-state index contributed by atoms with van der Waals surface area (Å²) in [5.74, 6) is 1.67. The number of fused-ring (bicyclic) bond motifs is 1. The number of benzene rings is 1. The van der Waals surface area contributed by atoms with Crippen LogP contribution < -0.4 is 5.32 Å². The van der Waals surface area contributed by atoms with Crippen LogP contribution in [-0.2, 0) is 9.53 Å². The van der Waals surface area contributed by atoms with Crippen LogP contribution in [0.2, 0.25) is 0 Å². The number of amides is 1. The van der Waals surface area contributed by atoms with E-state index in [0.717, 1.165) is 47.9 Å². The molecule has 0 aliphatic heterocycles. The Kier molecular flexibility index (Phi) is 3.81. The van der Waals surface area contributed by atoms with Crippen molar-refractivity contribution < 1.29 is 14.3 Å². The molecule has 1 aromatic heterocycles. The fraction of sp³-hybridized carbons (Fsp3) is 0.545. The predicted octanol–water partition coefficient (Wildman–Crippen LogP) is 3.80. The van der Waals surface area contributed by atoms with E-state index >= 15 is 0 Å². The summed E-state index contributed by atoms with van der Waals surface area (Å²) in [6.45, 7) is 1.67. The van der Waals surface area contributed by atoms with Crippen LogP contribution in [-0.4, -0.2) is 28.5 Å². The number of H-pyrrole nitrogens is 1. The van der Waals surface area contributed by atoms with Crippen molar-refractivity contribution in [3.8, 4) is 0 Å². The van der Waals surface area contributed by atoms with E-state index in [1.54, 1.807) is 13.1 Å². The quantitative estimate of drug-likeness (QED) is 0.809. The van der Waals surface area contributed by atoms with Crippen LogP contribution in [0.5, 0.6) is 0 Å². The van der Waals surface area contributed by atoms with Crippen molar-refractivity contribution in [1.29, 1.82) is 0 Å². The second-order valence-electron chi connectivity index (χ2n) is 8.98. The molecule has 0 saturated heterocycles. The third-order valence-electron chi connectivity index (χ3n) is 6.89. The van der Waals surface area contributed by atoms with Gasteiger partial charge in [0.05, 0.1) is 5.56 Å². The van der Waals surface area contributed by atoms with Crippen molar-refractivity contribution in [3.63, 3.8) is 0 Å². The Labute approximate surface area is 158 Å². The number of hydrogen-bond donors (Lipinski definition) is 2. The molecule has 142 valence electrons. The molecule has 5 heteroatoms. The highest BCUT2D eigenvalue weighted by atomic mass is 16.5. The number of aromatic amines is 1. The summed E-state index contributed by atoms with van der Waals surface area (Å²) in [6.07, 6.45) is 8.13. The third kappa shape index (κ3) is 2.93. The maximum atomic E-state index is 12.8. The molecule has 2 aromatic rings. The van der Waals surface area contributed by atoms with Crippen LogP contribution >= 0.6 is 0 Å². The highest BCUT2D eigenvalue weighted by Crippen LogP contribution is 2.55. The molecule has 4 saturated carbocycles. The van der Waals surface area contributed by atoms with Gasteiger partial charge in [0, 0.05) is 22.6 Å². The maximum Gasteiger partial charge on any atom is 0.341 e. The molecule has 1 heterocycles. The van der Waals surface area contributed by atoms with Gasteiger partial charge in [0.25, 0.3) is 5.91 Å². The lowest BCUT2D eigenvalue weighted by atomic mass is 9.53. The summed E-state index contributed by atoms with van der Waals surface area (Å²) in [4.78, 5) is 28.4. The van der Waals surface area contributed by atoms with Crippen LogP contribution in [0.15, 0.2) is 30.5 Å². The van der Waals surface area contributed by atoms with Gasteiger partial charge in [-0.3, -0.25) is 4.79 Å². The zero-order chi connectivity index (χ0) is 18.6. The van der Waals surface area contributed by atoms with Gasteiger partial charge in [-0.25, -0.2) is 4.79 Å². The Hall–Kier alpha value is -2.30. The number of aromatic nitrogens is 1. The second kappa shape index (κ2) is 6.11. The molecule has 4 bridgehead atoms. The molecule has 1 amide bonds. The van der Waals surface area contributed by atoms with Crippen molar-refractivity contribution in [1.82, 2.24) is 10.3 Å². The first-order chi connectivity index (χ1) is 13.0. The molecule has 0 spiro atoms. The fourth-order valence-corrected chi connectivity index (χ4v) is 6.14. The molecular weight excluding hydrogens is 340 g/mol. The Balaban J connectivity index is 1.26. The minimum Gasteiger partial charge on any atom is -0.449 e. The van der Waals surface area contributed by atoms with Crippen LogP contribution in [0.1, 0.15) is 55.8 Å². The molecule has 4 aliphatic rings. The van der Waals surface area contributed by atoms with E-state index in [0.29, 0.717) is 5.56 Å². The number of nitrogens with one attached hydrogen (secondary N) is 2. The van der Waals surface area contributed by atoms with Gasteiger partial charge in [0.15, 0.2) is 6.10 Å². The van der Waals surface area contributed by atoms with Crippen LogP contribution in [0.4, 0.5) is 0 Å². The van der Waals surface area contributed by atoms with Crippen molar-refractivity contribution in [2.45, 2.75) is 57.1 Å². The Morgan fingerprint density at radius 1 is 1.11 bits per heavy atom. The number of para-hydroxylation sites is 1. The fourth-order valence-electron chi connectivity index (χ4n) is 6.14. The van der Waals surface area contributed by atoms with Gasteiger partial charge in [0.1, 0.15) is 0 Å². The Morgan fingerprint density at radius 2 is 1.74 bits per heavy atom. The molecule has 1 aromatic carbocycles. The van der Waals surface area contributed by atoms with Gasteiger partial charge in [-0.15, -0.1) is 0 Å². The zero-order valence-electron chi connectivity index (χ0n) is 15.7. The standard InChI is InChI=1S/C22H26N2O3/c1-13(27-21(26)18-12-23-19-5-3-2-4-17(18)19)20(25)24-22-9-14-6-15(10-22)8-16(7-14)11-22/h2-5,12-16,23H,6-11H2,1H3,(H,24,25)/t13-,14?,15?,16?,22?/m1/s1. The number of carbonyl (C=O) groups is 2. The van der Waals surface area contributed by atoms with Gasteiger partial charge in [-0.2, -0.15) is 0 Å². The normalized spacial score (nSPS) is 32.4. The van der Waals surface area contributed by atoms with E-state index in [1.807, 2.05) is 24.3 Å². The van der Waals surface area contributed by atoms with E-state index in [-0.39, 0.29) is 11.4 Å². The number of rotatable bonds is 4. The number of esters is 1. The van der Waals surface area contributed by atoms with Crippen molar-refractivity contribution >= 4 is 22.8 Å². The second-order valence-corrected chi connectivity index (χ2v) is 8.98. The summed E-state index contributed by atoms with van der Waals surface area (Å²) < 4.78 is 5.51. The Morgan fingerprint density at radius 3 is 2.41 bits per heavy atom. The first kappa shape index (κ1) is 16.8. The van der Waals surface area contributed by atoms with Crippen molar-refractivity contribution in [2.75, 3.05) is 0 Å². The molecule has 1 atom stereocenters. The first-order valence-corrected chi connectivity index (χ1v) is 10.1. The van der Waals surface area contributed by atoms with Crippen molar-refractivity contribution in [3.05, 3.63) is 36.0 Å². The molecule has 0 unspecified atom stereocenters. The minimum absolute atomic E-state index is 0.0622. The first-order valence-electron chi connectivity index (χ1n) is 10.1. The summed E-state index contributed by atoms with van der Waals surface area (Å²) in [5, 5.41) is 4.10. The van der Waals surface area contributed by atoms with Gasteiger partial charge < -0.3 is 15.0 Å². The number of ether oxygens (including phenoxy) is 1. The van der Waals surface area contributed by atoms with Gasteiger partial charge >= 0.3 is 5.97 Å². The lowest BCUT2D eigenvalue weighted by Crippen LogP contribution is -2.61. The van der Waals surface area contributed by atoms with E-state index in [9.17, 15) is 9.59 Å². The highest BCUT2D eigenvalue weighted by molar-refractivity contribution is 6.04. The highest BCUT2D eigenvalue weighted by Gasteiger charge is 2.51. The van der Waals surface area contributed by atoms with E-state index in [2.05, 4.69) is 10.3 Å². The average Bonchev–Trinajstić information content (AvgIpc) is 3.04. The SMILES string of the molecule is C[C@@H](OC(=O)c1c[nH]c2ccccc12)C(=O)NC12CC3CC(CC(C3)C1)C2. The van der Waals surface area contributed by atoms with Gasteiger partial charge in [0.2, 0.25) is 0 Å². The number of hydrogen-bond acceptors (Lipinski definition) is 3. The molecule has 0 radical (unpaired) electrons. The van der Waals surface area contributed by atoms with Gasteiger partial charge in [-0.1, -0.05) is 18.2 Å². The molecule has 6 rings (SSSR count). The number of carbonyl (C=O) groups excluding carboxylic acids is 2. The summed E-state index contributed by atoms with van der Waals surface area (Å²) in [5.41, 5.74) is 1.29. The topological polar surface area (TPSA) is 71.2 Å². The van der Waals surface area contributed by atoms with Crippen LogP contribution in [0.3, 0.4) is 0 Å². The largest absolute Gasteiger partial charge is 0.449 e. The van der Waals surface area contributed by atoms with Gasteiger partial charge in [-0.05, 0) is 69.3 Å². The molecular formula is C22H26N2O3. The molecule has 5 nitrogen and oxygen atoms in total. The van der Waals surface area contributed by atoms with E-state index in [1.165, 1.54) is 19.3 Å². The van der Waals surface area contributed by atoms with E-state index < -0.39 is 12.1 Å². The lowest BCUT2D eigenvalue weighted by Gasteiger charge is -2.57. The lowest BCUT2D eigenvalue weighted by molar-refractivity contribution is -0.134.